The summed E-state index contributed by atoms with van der Waals surface area (Å²) in [6, 6.07) is -0.401. The first-order valence-electron chi connectivity index (χ1n) is 7.03. The van der Waals surface area contributed by atoms with E-state index in [1.807, 2.05) is 18.7 Å². The van der Waals surface area contributed by atoms with E-state index in [1.54, 1.807) is 6.92 Å². The molecule has 2 heterocycles. The van der Waals surface area contributed by atoms with Crippen molar-refractivity contribution in [2.24, 2.45) is 11.7 Å². The van der Waals surface area contributed by atoms with Gasteiger partial charge in [-0.15, -0.1) is 0 Å². The zero-order valence-corrected chi connectivity index (χ0v) is 12.4. The summed E-state index contributed by atoms with van der Waals surface area (Å²) in [5.74, 6) is 1.50. The van der Waals surface area contributed by atoms with Crippen LogP contribution in [0.2, 0.25) is 0 Å². The molecule has 2 N–H and O–H groups in total. The van der Waals surface area contributed by atoms with Gasteiger partial charge in [-0.25, -0.2) is 0 Å². The monoisotopic (exact) mass is 281 g/mol. The van der Waals surface area contributed by atoms with Crippen LogP contribution in [-0.4, -0.2) is 58.1 Å². The molecule has 1 fully saturated rings. The average molecular weight is 281 g/mol. The minimum Gasteiger partial charge on any atom is -0.340 e. The van der Waals surface area contributed by atoms with E-state index in [0.29, 0.717) is 31.3 Å². The van der Waals surface area contributed by atoms with E-state index >= 15 is 0 Å². The smallest absolute Gasteiger partial charge is 0.239 e. The molecule has 0 unspecified atom stereocenters. The Morgan fingerprint density at radius 3 is 2.50 bits per heavy atom. The molecule has 0 radical (unpaired) electrons. The maximum absolute atomic E-state index is 12.2. The zero-order chi connectivity index (χ0) is 14.7. The number of hydrogen-bond acceptors (Lipinski definition) is 6. The van der Waals surface area contributed by atoms with E-state index in [2.05, 4.69) is 15.0 Å². The third-order valence-corrected chi connectivity index (χ3v) is 3.62. The van der Waals surface area contributed by atoms with Crippen LogP contribution in [0.5, 0.6) is 0 Å². The lowest BCUT2D eigenvalue weighted by Gasteiger charge is -2.35. The Labute approximate surface area is 119 Å². The molecule has 0 bridgehead atoms. The van der Waals surface area contributed by atoms with Crippen molar-refractivity contribution >= 4 is 5.91 Å². The number of piperazine rings is 1. The van der Waals surface area contributed by atoms with Gasteiger partial charge >= 0.3 is 0 Å². The normalized spacial score (nSPS) is 18.6. The van der Waals surface area contributed by atoms with E-state index in [-0.39, 0.29) is 11.8 Å². The molecule has 1 aromatic rings. The molecular formula is C13H23N5O2. The average Bonchev–Trinajstić information content (AvgIpc) is 2.83. The molecule has 1 saturated heterocycles. The van der Waals surface area contributed by atoms with Gasteiger partial charge in [0.1, 0.15) is 0 Å². The van der Waals surface area contributed by atoms with Crippen LogP contribution in [0.15, 0.2) is 4.52 Å². The summed E-state index contributed by atoms with van der Waals surface area (Å²) in [4.78, 5) is 20.4. The van der Waals surface area contributed by atoms with E-state index in [4.69, 9.17) is 10.3 Å². The summed E-state index contributed by atoms with van der Waals surface area (Å²) in [6.07, 6.45) is 0. The Balaban J connectivity index is 1.82. The standard InChI is InChI=1S/C13H23N5O2/c1-9(2)12(14)13(19)18-6-4-17(5-7-18)8-11-15-10(3)20-16-11/h9,12H,4-8,14H2,1-3H3/t12-/m0/s1. The van der Waals surface area contributed by atoms with Gasteiger partial charge in [0.2, 0.25) is 11.8 Å². The summed E-state index contributed by atoms with van der Waals surface area (Å²) < 4.78 is 4.95. The molecule has 20 heavy (non-hydrogen) atoms. The number of aryl methyl sites for hydroxylation is 1. The molecule has 0 aliphatic carbocycles. The molecule has 1 aliphatic heterocycles. The van der Waals surface area contributed by atoms with Crippen molar-refractivity contribution in [1.29, 1.82) is 0 Å². The number of carbonyl (C=O) groups excluding carboxylic acids is 1. The van der Waals surface area contributed by atoms with Crippen molar-refractivity contribution in [3.63, 3.8) is 0 Å². The predicted molar refractivity (Wildman–Crippen MR) is 73.7 cm³/mol. The molecule has 0 spiro atoms. The second-order valence-corrected chi connectivity index (χ2v) is 5.60. The van der Waals surface area contributed by atoms with Crippen molar-refractivity contribution < 1.29 is 9.32 Å². The highest BCUT2D eigenvalue weighted by Crippen LogP contribution is 2.09. The first-order chi connectivity index (χ1) is 9.47. The van der Waals surface area contributed by atoms with Crippen molar-refractivity contribution in [1.82, 2.24) is 19.9 Å². The van der Waals surface area contributed by atoms with E-state index in [0.717, 1.165) is 13.1 Å². The fourth-order valence-electron chi connectivity index (χ4n) is 2.23. The number of rotatable bonds is 4. The Morgan fingerprint density at radius 1 is 1.35 bits per heavy atom. The number of amides is 1. The highest BCUT2D eigenvalue weighted by molar-refractivity contribution is 5.82. The Morgan fingerprint density at radius 2 is 2.00 bits per heavy atom. The maximum Gasteiger partial charge on any atom is 0.239 e. The fourth-order valence-corrected chi connectivity index (χ4v) is 2.23. The highest BCUT2D eigenvalue weighted by atomic mass is 16.5. The molecular weight excluding hydrogens is 258 g/mol. The summed E-state index contributed by atoms with van der Waals surface area (Å²) in [5.41, 5.74) is 5.91. The quantitative estimate of drug-likeness (QED) is 0.836. The Hall–Kier alpha value is -1.47. The number of nitrogens with two attached hydrogens (primary N) is 1. The molecule has 2 rings (SSSR count). The van der Waals surface area contributed by atoms with Crippen molar-refractivity contribution in [2.45, 2.75) is 33.4 Å². The molecule has 7 heteroatoms. The summed E-state index contributed by atoms with van der Waals surface area (Å²) in [7, 11) is 0. The maximum atomic E-state index is 12.2. The number of nitrogens with zero attached hydrogens (tertiary/aromatic N) is 4. The van der Waals surface area contributed by atoms with E-state index in [9.17, 15) is 4.79 Å². The molecule has 1 atom stereocenters. The third-order valence-electron chi connectivity index (χ3n) is 3.62. The first-order valence-corrected chi connectivity index (χ1v) is 7.03. The summed E-state index contributed by atoms with van der Waals surface area (Å²) >= 11 is 0. The van der Waals surface area contributed by atoms with Gasteiger partial charge in [0.15, 0.2) is 5.82 Å². The number of aromatic nitrogens is 2. The first kappa shape index (κ1) is 14.9. The SMILES string of the molecule is Cc1nc(CN2CCN(C(=O)[C@@H](N)C(C)C)CC2)no1. The molecule has 112 valence electrons. The van der Waals surface area contributed by atoms with Crippen LogP contribution < -0.4 is 5.73 Å². The van der Waals surface area contributed by atoms with Crippen molar-refractivity contribution in [3.8, 4) is 0 Å². The fraction of sp³-hybridized carbons (Fsp3) is 0.769. The molecule has 1 amide bonds. The largest absolute Gasteiger partial charge is 0.340 e. The zero-order valence-electron chi connectivity index (χ0n) is 12.4. The van der Waals surface area contributed by atoms with Gasteiger partial charge in [-0.2, -0.15) is 4.98 Å². The van der Waals surface area contributed by atoms with Crippen LogP contribution >= 0.6 is 0 Å². The van der Waals surface area contributed by atoms with Gasteiger partial charge in [-0.3, -0.25) is 9.69 Å². The minimum atomic E-state index is -0.401. The van der Waals surface area contributed by atoms with Crippen molar-refractivity contribution in [3.05, 3.63) is 11.7 Å². The van der Waals surface area contributed by atoms with Crippen LogP contribution in [-0.2, 0) is 11.3 Å². The van der Waals surface area contributed by atoms with Crippen LogP contribution in [0.4, 0.5) is 0 Å². The number of carbonyl (C=O) groups is 1. The van der Waals surface area contributed by atoms with Gasteiger partial charge in [0, 0.05) is 33.1 Å². The van der Waals surface area contributed by atoms with Crippen LogP contribution in [0, 0.1) is 12.8 Å². The number of hydrogen-bond donors (Lipinski definition) is 1. The van der Waals surface area contributed by atoms with E-state index < -0.39 is 6.04 Å². The van der Waals surface area contributed by atoms with Gasteiger partial charge in [-0.05, 0) is 5.92 Å². The van der Waals surface area contributed by atoms with E-state index in [1.165, 1.54) is 0 Å². The predicted octanol–water partition coefficient (Wildman–Crippen LogP) is 0.00552. The molecule has 1 aromatic heterocycles. The van der Waals surface area contributed by atoms with Crippen molar-refractivity contribution in [2.75, 3.05) is 26.2 Å². The van der Waals surface area contributed by atoms with Gasteiger partial charge < -0.3 is 15.2 Å². The summed E-state index contributed by atoms with van der Waals surface area (Å²) in [5, 5.41) is 3.89. The van der Waals surface area contributed by atoms with Crippen LogP contribution in [0.1, 0.15) is 25.6 Å². The molecule has 7 nitrogen and oxygen atoms in total. The molecule has 1 aliphatic rings. The van der Waals surface area contributed by atoms with Gasteiger partial charge in [0.25, 0.3) is 0 Å². The summed E-state index contributed by atoms with van der Waals surface area (Å²) in [6.45, 7) is 9.41. The third kappa shape index (κ3) is 3.55. The Kier molecular flexibility index (Phi) is 4.72. The molecule has 0 saturated carbocycles. The lowest BCUT2D eigenvalue weighted by atomic mass is 10.0. The van der Waals surface area contributed by atoms with Gasteiger partial charge in [0.05, 0.1) is 12.6 Å². The lowest BCUT2D eigenvalue weighted by molar-refractivity contribution is -0.135. The second kappa shape index (κ2) is 6.32. The van der Waals surface area contributed by atoms with Crippen LogP contribution in [0.25, 0.3) is 0 Å². The molecule has 0 aromatic carbocycles. The van der Waals surface area contributed by atoms with Crippen LogP contribution in [0.3, 0.4) is 0 Å². The minimum absolute atomic E-state index is 0.0510. The second-order valence-electron chi connectivity index (χ2n) is 5.60. The lowest BCUT2D eigenvalue weighted by Crippen LogP contribution is -2.54. The topological polar surface area (TPSA) is 88.5 Å². The highest BCUT2D eigenvalue weighted by Gasteiger charge is 2.27. The Bertz CT molecular complexity index is 451. The van der Waals surface area contributed by atoms with Gasteiger partial charge in [-0.1, -0.05) is 19.0 Å².